The standard InChI is InChI=1S/C13H20O5.6CO.2Co/c1-5-9-6-7-11(17-9)10(14)8-16-12(15)18-13(2,3)4;6*1-2;;/h1,9-11,14H,6-8H2,2-4H3;;;;;;;;/t9-,10+,11-;;;;;;;;/m0......../s1. The molecular formula is C19H20Co2O11. The molecule has 1 fully saturated rings. The molecule has 1 aliphatic heterocycles. The van der Waals surface area contributed by atoms with E-state index >= 15 is 0 Å². The van der Waals surface area contributed by atoms with E-state index in [-0.39, 0.29) is 52.4 Å². The second-order valence-electron chi connectivity index (χ2n) is 5.25. The zero-order chi connectivity index (χ0) is 25.8. The minimum atomic E-state index is -0.879. The van der Waals surface area contributed by atoms with E-state index in [0.29, 0.717) is 12.8 Å². The zero-order valence-corrected chi connectivity index (χ0v) is 19.2. The number of aliphatic hydroxyl groups excluding tert-OH is 1. The molecule has 0 aromatic carbocycles. The Bertz CT molecular complexity index is 520. The number of carbonyl (C=O) groups is 1. The summed E-state index contributed by atoms with van der Waals surface area (Å²) in [4.78, 5) is 11.3. The van der Waals surface area contributed by atoms with Crippen molar-refractivity contribution >= 4 is 6.16 Å². The van der Waals surface area contributed by atoms with Crippen molar-refractivity contribution in [2.75, 3.05) is 6.61 Å². The molecule has 1 aliphatic rings. The summed E-state index contributed by atoms with van der Waals surface area (Å²) in [5.41, 5.74) is -0.611. The second kappa shape index (κ2) is 43.1. The Hall–Kier alpha value is -1.80. The summed E-state index contributed by atoms with van der Waals surface area (Å²) in [6.45, 7) is 32.1. The van der Waals surface area contributed by atoms with Gasteiger partial charge in [0, 0.05) is 33.6 Å². The molecule has 0 aromatic heterocycles. The third-order valence-corrected chi connectivity index (χ3v) is 2.43. The first-order valence-electron chi connectivity index (χ1n) is 7.19. The summed E-state index contributed by atoms with van der Waals surface area (Å²) in [5.74, 6) is 2.48. The van der Waals surface area contributed by atoms with E-state index in [4.69, 9.17) is 48.5 Å². The molecular weight excluding hydrogens is 522 g/mol. The fourth-order valence-electron chi connectivity index (χ4n) is 1.61. The third-order valence-electron chi connectivity index (χ3n) is 2.43. The van der Waals surface area contributed by atoms with E-state index < -0.39 is 17.9 Å². The van der Waals surface area contributed by atoms with Crippen LogP contribution in [-0.2, 0) is 75.7 Å². The summed E-state index contributed by atoms with van der Waals surface area (Å²) < 4.78 is 60.2. The summed E-state index contributed by atoms with van der Waals surface area (Å²) in [6.07, 6.45) is 4.28. The van der Waals surface area contributed by atoms with Crippen molar-refractivity contribution in [2.24, 2.45) is 0 Å². The number of terminal acetylenes is 1. The van der Waals surface area contributed by atoms with Crippen molar-refractivity contribution in [3.05, 3.63) is 39.9 Å². The SMILES string of the molecule is C#C[C@H]1CC[C@@H]([C@H](O)COC(=O)OC(C)(C)C)O1.[C-]#[O+].[C-]#[O+].[C-]#[O+].[C-]#[O+].[C-]#[O+].[C-]#[O+].[Co].[Co]. The summed E-state index contributed by atoms with van der Waals surface area (Å²) in [7, 11) is 0. The van der Waals surface area contributed by atoms with E-state index in [2.05, 4.69) is 45.8 Å². The van der Waals surface area contributed by atoms with E-state index in [1.165, 1.54) is 0 Å². The first-order valence-corrected chi connectivity index (χ1v) is 7.19. The van der Waals surface area contributed by atoms with Crippen LogP contribution in [0.25, 0.3) is 0 Å². The van der Waals surface area contributed by atoms with Crippen molar-refractivity contribution in [3.8, 4) is 12.3 Å². The molecule has 180 valence electrons. The zero-order valence-electron chi connectivity index (χ0n) is 17.1. The summed E-state index contributed by atoms with van der Waals surface area (Å²) >= 11 is 0. The quantitative estimate of drug-likeness (QED) is 0.243. The van der Waals surface area contributed by atoms with E-state index in [1.54, 1.807) is 20.8 Å². The van der Waals surface area contributed by atoms with Gasteiger partial charge in [-0.15, -0.1) is 6.42 Å². The van der Waals surface area contributed by atoms with Crippen LogP contribution in [-0.4, -0.2) is 41.8 Å². The van der Waals surface area contributed by atoms with Gasteiger partial charge in [0.2, 0.25) is 0 Å². The molecule has 32 heavy (non-hydrogen) atoms. The summed E-state index contributed by atoms with van der Waals surface area (Å²) in [6, 6.07) is 0. The second-order valence-corrected chi connectivity index (χ2v) is 5.25. The van der Waals surface area contributed by atoms with Crippen LogP contribution in [0.4, 0.5) is 4.79 Å². The fourth-order valence-corrected chi connectivity index (χ4v) is 1.61. The maximum absolute atomic E-state index is 11.3. The molecule has 0 unspecified atom stereocenters. The first-order chi connectivity index (χ1) is 14.3. The van der Waals surface area contributed by atoms with Crippen LogP contribution in [0.3, 0.4) is 0 Å². The molecule has 0 spiro atoms. The number of rotatable bonds is 3. The maximum Gasteiger partial charge on any atom is 0 e. The van der Waals surface area contributed by atoms with Crippen LogP contribution in [0.2, 0.25) is 0 Å². The van der Waals surface area contributed by atoms with E-state index in [9.17, 15) is 9.90 Å². The van der Waals surface area contributed by atoms with Crippen LogP contribution < -0.4 is 0 Å². The summed E-state index contributed by atoms with van der Waals surface area (Å²) in [5, 5.41) is 9.78. The van der Waals surface area contributed by atoms with Crippen molar-refractivity contribution < 1.29 is 85.6 Å². The van der Waals surface area contributed by atoms with Crippen LogP contribution >= 0.6 is 0 Å². The minimum Gasteiger partial charge on any atom is 0 e. The predicted octanol–water partition coefficient (Wildman–Crippen LogP) is 1.25. The average Bonchev–Trinajstić information content (AvgIpc) is 3.29. The topological polar surface area (TPSA) is 184 Å². The molecule has 11 nitrogen and oxygen atoms in total. The van der Waals surface area contributed by atoms with Crippen LogP contribution in [0.15, 0.2) is 0 Å². The number of aliphatic hydroxyl groups is 1. The molecule has 1 N–H and O–H groups in total. The van der Waals surface area contributed by atoms with Gasteiger partial charge in [-0.1, -0.05) is 5.92 Å². The first kappa shape index (κ1) is 52.2. The number of ether oxygens (including phenoxy) is 3. The van der Waals surface area contributed by atoms with Crippen molar-refractivity contribution in [1.82, 2.24) is 0 Å². The van der Waals surface area contributed by atoms with Gasteiger partial charge in [-0.3, -0.25) is 0 Å². The van der Waals surface area contributed by atoms with Gasteiger partial charge in [0.15, 0.2) is 0 Å². The Morgan fingerprint density at radius 2 is 1.38 bits per heavy atom. The van der Waals surface area contributed by atoms with Crippen molar-refractivity contribution in [3.63, 3.8) is 0 Å². The molecule has 3 atom stereocenters. The van der Waals surface area contributed by atoms with Gasteiger partial charge < -0.3 is 19.3 Å². The molecule has 13 heteroatoms. The monoisotopic (exact) mass is 542 g/mol. The van der Waals surface area contributed by atoms with Gasteiger partial charge in [-0.25, -0.2) is 4.79 Å². The van der Waals surface area contributed by atoms with Crippen LogP contribution in [0, 0.1) is 52.2 Å². The smallest absolute Gasteiger partial charge is 0 e. The number of hydrogen-bond donors (Lipinski definition) is 1. The molecule has 1 rings (SSSR count). The van der Waals surface area contributed by atoms with Gasteiger partial charge in [-0.05, 0) is 33.6 Å². The predicted molar refractivity (Wildman–Crippen MR) is 88.5 cm³/mol. The fraction of sp³-hybridized carbons (Fsp3) is 0.526. The Kier molecular flexibility index (Phi) is 70.4. The Morgan fingerprint density at radius 3 is 1.66 bits per heavy atom. The molecule has 0 amide bonds. The van der Waals surface area contributed by atoms with Gasteiger partial charge in [0.25, 0.3) is 0 Å². The van der Waals surface area contributed by atoms with Gasteiger partial charge >= 0.3 is 74.0 Å². The van der Waals surface area contributed by atoms with E-state index in [1.807, 2.05) is 0 Å². The Labute approximate surface area is 208 Å². The van der Waals surface area contributed by atoms with Gasteiger partial charge in [-0.2, -0.15) is 0 Å². The largest absolute Gasteiger partial charge is 0 e. The maximum atomic E-state index is 11.3. The molecule has 1 heterocycles. The molecule has 2 radical (unpaired) electrons. The van der Waals surface area contributed by atoms with E-state index in [0.717, 1.165) is 0 Å². The third kappa shape index (κ3) is 38.8. The molecule has 1 saturated heterocycles. The minimum absolute atomic E-state index is 0. The number of hydrogen-bond acceptors (Lipinski definition) is 5. The number of carbonyl (C=O) groups excluding carboxylic acids is 1. The Morgan fingerprint density at radius 1 is 1.00 bits per heavy atom. The van der Waals surface area contributed by atoms with Crippen molar-refractivity contribution in [1.29, 1.82) is 0 Å². The van der Waals surface area contributed by atoms with Crippen LogP contribution in [0.1, 0.15) is 33.6 Å². The molecule has 0 aromatic rings. The van der Waals surface area contributed by atoms with Gasteiger partial charge in [0.05, 0.1) is 6.10 Å². The van der Waals surface area contributed by atoms with Crippen molar-refractivity contribution in [2.45, 2.75) is 57.5 Å². The molecule has 0 saturated carbocycles. The normalized spacial score (nSPS) is 14.6. The molecule has 0 aliphatic carbocycles. The Balaban J connectivity index is -0.0000000594. The van der Waals surface area contributed by atoms with Crippen LogP contribution in [0.5, 0.6) is 0 Å². The molecule has 0 bridgehead atoms. The average molecular weight is 542 g/mol. The van der Waals surface area contributed by atoms with Gasteiger partial charge in [0.1, 0.15) is 24.4 Å².